The molecule has 1 amide bonds. The fraction of sp³-hybridized carbons (Fsp3) is 0.500. The van der Waals surface area contributed by atoms with Crippen LogP contribution in [0, 0.1) is 0 Å². The van der Waals surface area contributed by atoms with Crippen molar-refractivity contribution in [1.82, 2.24) is 10.2 Å². The van der Waals surface area contributed by atoms with E-state index in [0.29, 0.717) is 12.3 Å². The van der Waals surface area contributed by atoms with E-state index in [0.717, 1.165) is 31.5 Å². The first-order valence-corrected chi connectivity index (χ1v) is 7.39. The zero-order valence-electron chi connectivity index (χ0n) is 13.0. The number of methoxy groups -OCH3 is 1. The summed E-state index contributed by atoms with van der Waals surface area (Å²) in [5, 5.41) is 12.2. The number of aromatic carboxylic acids is 1. The van der Waals surface area contributed by atoms with Crippen molar-refractivity contribution < 1.29 is 19.4 Å². The third-order valence-corrected chi connectivity index (χ3v) is 3.81. The zero-order chi connectivity index (χ0) is 16.1. The highest BCUT2D eigenvalue weighted by Gasteiger charge is 2.21. The van der Waals surface area contributed by atoms with Crippen LogP contribution in [0.4, 0.5) is 0 Å². The van der Waals surface area contributed by atoms with E-state index in [1.807, 2.05) is 6.07 Å². The summed E-state index contributed by atoms with van der Waals surface area (Å²) in [5.74, 6) is -0.635. The van der Waals surface area contributed by atoms with Gasteiger partial charge in [0, 0.05) is 26.1 Å². The Kier molecular flexibility index (Phi) is 5.38. The predicted octanol–water partition coefficient (Wildman–Crippen LogP) is 1.49. The van der Waals surface area contributed by atoms with Crippen LogP contribution in [-0.4, -0.2) is 48.1 Å². The second-order valence-corrected chi connectivity index (χ2v) is 5.61. The minimum absolute atomic E-state index is 0.00976. The molecular weight excluding hydrogens is 284 g/mol. The Morgan fingerprint density at radius 1 is 1.45 bits per heavy atom. The first-order valence-electron chi connectivity index (χ1n) is 7.39. The minimum Gasteiger partial charge on any atom is -0.496 e. The number of carbonyl (C=O) groups is 2. The molecule has 2 N–H and O–H groups in total. The summed E-state index contributed by atoms with van der Waals surface area (Å²) < 4.78 is 5.07. The largest absolute Gasteiger partial charge is 0.496 e. The van der Waals surface area contributed by atoms with Gasteiger partial charge in [-0.05, 0) is 37.1 Å². The lowest BCUT2D eigenvalue weighted by Crippen LogP contribution is -2.46. The number of carboxylic acids is 1. The molecule has 0 radical (unpaired) electrons. The van der Waals surface area contributed by atoms with E-state index >= 15 is 0 Å². The summed E-state index contributed by atoms with van der Waals surface area (Å²) in [4.78, 5) is 24.6. The normalized spacial score (nSPS) is 18.7. The van der Waals surface area contributed by atoms with Crippen molar-refractivity contribution in [3.05, 3.63) is 29.3 Å². The first-order chi connectivity index (χ1) is 10.5. The average Bonchev–Trinajstić information content (AvgIpc) is 2.46. The van der Waals surface area contributed by atoms with Crippen LogP contribution >= 0.6 is 0 Å². The lowest BCUT2D eigenvalue weighted by atomic mass is 10.0. The molecule has 0 aromatic heterocycles. The van der Waals surface area contributed by atoms with Crippen LogP contribution in [0.3, 0.4) is 0 Å². The molecule has 1 saturated heterocycles. The average molecular weight is 306 g/mol. The number of hydrogen-bond donors (Lipinski definition) is 2. The molecule has 0 bridgehead atoms. The van der Waals surface area contributed by atoms with E-state index in [1.54, 1.807) is 12.1 Å². The van der Waals surface area contributed by atoms with E-state index in [2.05, 4.69) is 10.2 Å². The van der Waals surface area contributed by atoms with Crippen molar-refractivity contribution >= 4 is 11.9 Å². The van der Waals surface area contributed by atoms with Crippen molar-refractivity contribution in [2.75, 3.05) is 20.2 Å². The van der Waals surface area contributed by atoms with Gasteiger partial charge in [-0.25, -0.2) is 4.79 Å². The number of nitrogens with one attached hydrogen (secondary N) is 1. The van der Waals surface area contributed by atoms with Crippen LogP contribution in [0.1, 0.15) is 35.7 Å². The van der Waals surface area contributed by atoms with Gasteiger partial charge in [-0.3, -0.25) is 9.69 Å². The van der Waals surface area contributed by atoms with Gasteiger partial charge in [0.2, 0.25) is 5.91 Å². The molecule has 1 aliphatic heterocycles. The number of carbonyl (C=O) groups excluding carboxylic acids is 1. The van der Waals surface area contributed by atoms with E-state index in [4.69, 9.17) is 4.74 Å². The molecule has 1 atom stereocenters. The maximum Gasteiger partial charge on any atom is 0.339 e. The van der Waals surface area contributed by atoms with E-state index in [1.165, 1.54) is 14.0 Å². The standard InChI is InChI=1S/C16H22N2O4/c1-11(19)17-13-4-3-7-18(10-13)9-12-5-6-15(22-2)14(8-12)16(20)21/h5-6,8,13H,3-4,7,9-10H2,1-2H3,(H,17,19)(H,20,21)/t13-/m0/s1. The van der Waals surface area contributed by atoms with Crippen LogP contribution in [-0.2, 0) is 11.3 Å². The smallest absolute Gasteiger partial charge is 0.339 e. The van der Waals surface area contributed by atoms with Crippen LogP contribution in [0.2, 0.25) is 0 Å². The van der Waals surface area contributed by atoms with Gasteiger partial charge in [-0.15, -0.1) is 0 Å². The molecule has 1 aliphatic rings. The number of nitrogens with zero attached hydrogens (tertiary/aromatic N) is 1. The molecule has 120 valence electrons. The summed E-state index contributed by atoms with van der Waals surface area (Å²) in [6.07, 6.45) is 2.01. The van der Waals surface area contributed by atoms with E-state index in [9.17, 15) is 14.7 Å². The monoisotopic (exact) mass is 306 g/mol. The Morgan fingerprint density at radius 3 is 2.86 bits per heavy atom. The maximum absolute atomic E-state index is 11.3. The summed E-state index contributed by atoms with van der Waals surface area (Å²) in [6.45, 7) is 3.93. The Balaban J connectivity index is 2.05. The number of ether oxygens (including phenoxy) is 1. The lowest BCUT2D eigenvalue weighted by molar-refractivity contribution is -0.120. The highest BCUT2D eigenvalue weighted by atomic mass is 16.5. The minimum atomic E-state index is -0.992. The van der Waals surface area contributed by atoms with Gasteiger partial charge >= 0.3 is 5.97 Å². The number of piperidine rings is 1. The summed E-state index contributed by atoms with van der Waals surface area (Å²) in [7, 11) is 1.46. The molecule has 0 aliphatic carbocycles. The van der Waals surface area contributed by atoms with Crippen LogP contribution in [0.15, 0.2) is 18.2 Å². The molecule has 0 spiro atoms. The van der Waals surface area contributed by atoms with Crippen molar-refractivity contribution in [2.45, 2.75) is 32.4 Å². The highest BCUT2D eigenvalue weighted by Crippen LogP contribution is 2.22. The van der Waals surface area contributed by atoms with Crippen LogP contribution in [0.25, 0.3) is 0 Å². The molecule has 6 heteroatoms. The third-order valence-electron chi connectivity index (χ3n) is 3.81. The van der Waals surface area contributed by atoms with Gasteiger partial charge in [0.1, 0.15) is 11.3 Å². The lowest BCUT2D eigenvalue weighted by Gasteiger charge is -2.33. The summed E-state index contributed by atoms with van der Waals surface area (Å²) >= 11 is 0. The first kappa shape index (κ1) is 16.3. The van der Waals surface area contributed by atoms with E-state index in [-0.39, 0.29) is 17.5 Å². The quantitative estimate of drug-likeness (QED) is 0.862. The van der Waals surface area contributed by atoms with Crippen molar-refractivity contribution in [3.8, 4) is 5.75 Å². The van der Waals surface area contributed by atoms with Gasteiger partial charge in [0.05, 0.1) is 7.11 Å². The van der Waals surface area contributed by atoms with Crippen LogP contribution < -0.4 is 10.1 Å². The molecule has 0 unspecified atom stereocenters. The van der Waals surface area contributed by atoms with E-state index < -0.39 is 5.97 Å². The zero-order valence-corrected chi connectivity index (χ0v) is 13.0. The Hall–Kier alpha value is -2.08. The number of hydrogen-bond acceptors (Lipinski definition) is 4. The Bertz CT molecular complexity index is 559. The van der Waals surface area contributed by atoms with Gasteiger partial charge in [-0.2, -0.15) is 0 Å². The second kappa shape index (κ2) is 7.26. The Labute approximate surface area is 130 Å². The van der Waals surface area contributed by atoms with Gasteiger partial charge in [0.25, 0.3) is 0 Å². The van der Waals surface area contributed by atoms with Crippen LogP contribution in [0.5, 0.6) is 5.75 Å². The molecule has 1 fully saturated rings. The highest BCUT2D eigenvalue weighted by molar-refractivity contribution is 5.91. The van der Waals surface area contributed by atoms with Crippen molar-refractivity contribution in [1.29, 1.82) is 0 Å². The molecule has 1 aromatic rings. The second-order valence-electron chi connectivity index (χ2n) is 5.61. The molecule has 22 heavy (non-hydrogen) atoms. The van der Waals surface area contributed by atoms with Gasteiger partial charge < -0.3 is 15.2 Å². The predicted molar refractivity (Wildman–Crippen MR) is 82.1 cm³/mol. The number of benzene rings is 1. The summed E-state index contributed by atoms with van der Waals surface area (Å²) in [6, 6.07) is 5.40. The molecule has 1 heterocycles. The third kappa shape index (κ3) is 4.21. The molecule has 1 aromatic carbocycles. The number of rotatable bonds is 5. The van der Waals surface area contributed by atoms with Crippen molar-refractivity contribution in [3.63, 3.8) is 0 Å². The number of carboxylic acid groups (broad SMARTS) is 1. The fourth-order valence-electron chi connectivity index (χ4n) is 2.88. The molecular formula is C16H22N2O4. The number of likely N-dealkylation sites (tertiary alicyclic amines) is 1. The van der Waals surface area contributed by atoms with Gasteiger partial charge in [-0.1, -0.05) is 6.07 Å². The molecule has 2 rings (SSSR count). The maximum atomic E-state index is 11.3. The molecule has 0 saturated carbocycles. The summed E-state index contributed by atoms with van der Waals surface area (Å²) in [5.41, 5.74) is 1.11. The topological polar surface area (TPSA) is 78.9 Å². The SMILES string of the molecule is COc1ccc(CN2CCC[C@H](NC(C)=O)C2)cc1C(=O)O. The van der Waals surface area contributed by atoms with Crippen molar-refractivity contribution in [2.24, 2.45) is 0 Å². The fourth-order valence-corrected chi connectivity index (χ4v) is 2.88. The Morgan fingerprint density at radius 2 is 2.23 bits per heavy atom. The number of amides is 1. The molecule has 6 nitrogen and oxygen atoms in total. The van der Waals surface area contributed by atoms with Gasteiger partial charge in [0.15, 0.2) is 0 Å².